The molecule has 1 fully saturated rings. The molecule has 0 bridgehead atoms. The van der Waals surface area contributed by atoms with Crippen molar-refractivity contribution in [2.24, 2.45) is 0 Å². The Morgan fingerprint density at radius 2 is 1.97 bits per heavy atom. The number of hydrogen-bond acceptors (Lipinski definition) is 8. The summed E-state index contributed by atoms with van der Waals surface area (Å²) >= 11 is 0. The Balaban J connectivity index is 1.71. The van der Waals surface area contributed by atoms with E-state index < -0.39 is 15.8 Å². The Kier molecular flexibility index (Phi) is 4.62. The maximum Gasteiger partial charge on any atom is 0.338 e. The van der Waals surface area contributed by atoms with Crippen LogP contribution in [0, 0.1) is 6.92 Å². The smallest absolute Gasteiger partial charge is 0.338 e. The Morgan fingerprint density at radius 1 is 1.19 bits per heavy atom. The number of carbonyl (C=O) groups is 1. The molecule has 10 heteroatoms. The minimum absolute atomic E-state index is 0.00666. The van der Waals surface area contributed by atoms with Gasteiger partial charge in [0.25, 0.3) is 0 Å². The van der Waals surface area contributed by atoms with Gasteiger partial charge in [-0.05, 0) is 37.6 Å². The van der Waals surface area contributed by atoms with Crippen molar-refractivity contribution in [3.63, 3.8) is 0 Å². The number of ether oxygens (including phenoxy) is 3. The zero-order valence-corrected chi connectivity index (χ0v) is 17.9. The minimum atomic E-state index is -3.12. The second-order valence-corrected chi connectivity index (χ2v) is 9.92. The lowest BCUT2D eigenvalue weighted by atomic mass is 10.0. The first-order chi connectivity index (χ1) is 14.9. The van der Waals surface area contributed by atoms with Gasteiger partial charge in [0, 0.05) is 5.56 Å². The first-order valence-electron chi connectivity index (χ1n) is 9.95. The van der Waals surface area contributed by atoms with Crippen LogP contribution in [-0.4, -0.2) is 61.0 Å². The summed E-state index contributed by atoms with van der Waals surface area (Å²) in [7, 11) is -1.80. The molecule has 1 saturated heterocycles. The van der Waals surface area contributed by atoms with Gasteiger partial charge in [-0.1, -0.05) is 0 Å². The molecular formula is C21H21N3O6S. The van der Waals surface area contributed by atoms with E-state index in [9.17, 15) is 13.2 Å². The molecule has 9 nitrogen and oxygen atoms in total. The number of methoxy groups -OCH3 is 1. The molecule has 0 saturated carbocycles. The molecule has 0 unspecified atom stereocenters. The van der Waals surface area contributed by atoms with Gasteiger partial charge in [0.15, 0.2) is 27.0 Å². The second-order valence-electron chi connectivity index (χ2n) is 7.69. The number of carbonyl (C=O) groups excluding carboxylic acids is 1. The van der Waals surface area contributed by atoms with Crippen molar-refractivity contribution < 1.29 is 27.4 Å². The average Bonchev–Trinajstić information content (AvgIpc) is 3.31. The lowest BCUT2D eigenvalue weighted by Crippen LogP contribution is -2.15. The average molecular weight is 443 g/mol. The van der Waals surface area contributed by atoms with E-state index in [-0.39, 0.29) is 17.5 Å². The Hall–Kier alpha value is -3.14. The third-order valence-corrected chi connectivity index (χ3v) is 7.38. The highest BCUT2D eigenvalue weighted by Gasteiger charge is 2.32. The number of esters is 1. The summed E-state index contributed by atoms with van der Waals surface area (Å²) in [6.07, 6.45) is 0.460. The Labute approximate surface area is 178 Å². The standard InChI is InChI=1S/C21H21N3O6S/c1-12-19-15(21(25)28-2)10-16(13-3-4-17-18(9-13)30-7-6-29-17)22-20(19)24(23-12)14-5-8-31(26,27)11-14/h3-4,9-10,14H,5-8,11H2,1-2H3/t14-/m0/s1. The van der Waals surface area contributed by atoms with Crippen molar-refractivity contribution >= 4 is 26.8 Å². The molecule has 2 aliphatic heterocycles. The molecule has 1 atom stereocenters. The summed E-state index contributed by atoms with van der Waals surface area (Å²) < 4.78 is 42.0. The lowest BCUT2D eigenvalue weighted by molar-refractivity contribution is 0.0603. The number of fused-ring (bicyclic) bond motifs is 2. The minimum Gasteiger partial charge on any atom is -0.486 e. The van der Waals surface area contributed by atoms with Crippen LogP contribution in [0.4, 0.5) is 0 Å². The molecule has 4 heterocycles. The zero-order valence-electron chi connectivity index (χ0n) is 17.1. The number of pyridine rings is 1. The van der Waals surface area contributed by atoms with Crippen molar-refractivity contribution in [3.8, 4) is 22.8 Å². The topological polar surface area (TPSA) is 110 Å². The molecule has 0 radical (unpaired) electrons. The van der Waals surface area contributed by atoms with Gasteiger partial charge >= 0.3 is 5.97 Å². The number of benzene rings is 1. The Bertz CT molecular complexity index is 1310. The van der Waals surface area contributed by atoms with E-state index in [1.54, 1.807) is 23.7 Å². The zero-order chi connectivity index (χ0) is 21.8. The van der Waals surface area contributed by atoms with Crippen LogP contribution in [0.2, 0.25) is 0 Å². The summed E-state index contributed by atoms with van der Waals surface area (Å²) in [6, 6.07) is 6.81. The van der Waals surface area contributed by atoms with Gasteiger partial charge < -0.3 is 14.2 Å². The van der Waals surface area contributed by atoms with Crippen molar-refractivity contribution in [2.75, 3.05) is 31.8 Å². The summed E-state index contributed by atoms with van der Waals surface area (Å²) in [5, 5.41) is 5.12. The van der Waals surface area contributed by atoms with Crippen molar-refractivity contribution in [1.29, 1.82) is 0 Å². The molecule has 31 heavy (non-hydrogen) atoms. The first-order valence-corrected chi connectivity index (χ1v) is 11.8. The molecule has 2 aliphatic rings. The fourth-order valence-corrected chi connectivity index (χ4v) is 5.85. The van der Waals surface area contributed by atoms with E-state index in [0.29, 0.717) is 59.1 Å². The molecular weight excluding hydrogens is 422 g/mol. The monoisotopic (exact) mass is 443 g/mol. The highest BCUT2D eigenvalue weighted by Crippen LogP contribution is 2.36. The highest BCUT2D eigenvalue weighted by atomic mass is 32.2. The quantitative estimate of drug-likeness (QED) is 0.568. The predicted octanol–water partition coefficient (Wildman–Crippen LogP) is 2.32. The highest BCUT2D eigenvalue weighted by molar-refractivity contribution is 7.91. The predicted molar refractivity (Wildman–Crippen MR) is 112 cm³/mol. The first kappa shape index (κ1) is 19.8. The fraction of sp³-hybridized carbons (Fsp3) is 0.381. The van der Waals surface area contributed by atoms with Crippen molar-refractivity contribution in [1.82, 2.24) is 14.8 Å². The molecule has 2 aromatic heterocycles. The molecule has 162 valence electrons. The largest absolute Gasteiger partial charge is 0.486 e. The van der Waals surface area contributed by atoms with Crippen LogP contribution in [0.15, 0.2) is 24.3 Å². The maximum atomic E-state index is 12.6. The van der Waals surface area contributed by atoms with E-state index in [0.717, 1.165) is 5.56 Å². The van der Waals surface area contributed by atoms with Gasteiger partial charge in [-0.15, -0.1) is 0 Å². The maximum absolute atomic E-state index is 12.6. The number of aromatic nitrogens is 3. The number of hydrogen-bond donors (Lipinski definition) is 0. The third kappa shape index (κ3) is 3.40. The number of sulfone groups is 1. The van der Waals surface area contributed by atoms with Gasteiger partial charge in [0.05, 0.1) is 47.0 Å². The van der Waals surface area contributed by atoms with E-state index in [2.05, 4.69) is 5.10 Å². The summed E-state index contributed by atoms with van der Waals surface area (Å²) in [4.78, 5) is 17.4. The third-order valence-electron chi connectivity index (χ3n) is 5.63. The molecule has 0 amide bonds. The fourth-order valence-electron chi connectivity index (χ4n) is 4.16. The number of aryl methyl sites for hydroxylation is 1. The van der Waals surface area contributed by atoms with Gasteiger partial charge in [-0.25, -0.2) is 22.9 Å². The van der Waals surface area contributed by atoms with E-state index in [1.807, 2.05) is 12.1 Å². The van der Waals surface area contributed by atoms with E-state index in [1.165, 1.54) is 7.11 Å². The van der Waals surface area contributed by atoms with Crippen molar-refractivity contribution in [3.05, 3.63) is 35.5 Å². The van der Waals surface area contributed by atoms with Crippen LogP contribution in [0.1, 0.15) is 28.5 Å². The second kappa shape index (κ2) is 7.23. The van der Waals surface area contributed by atoms with E-state index >= 15 is 0 Å². The molecule has 0 aliphatic carbocycles. The van der Waals surface area contributed by atoms with Gasteiger partial charge in [0.1, 0.15) is 13.2 Å². The summed E-state index contributed by atoms with van der Waals surface area (Å²) in [5.41, 5.74) is 2.67. The Morgan fingerprint density at radius 3 is 2.68 bits per heavy atom. The van der Waals surface area contributed by atoms with Gasteiger partial charge in [0.2, 0.25) is 0 Å². The van der Waals surface area contributed by atoms with Crippen LogP contribution in [0.5, 0.6) is 11.5 Å². The van der Waals surface area contributed by atoms with Crippen LogP contribution >= 0.6 is 0 Å². The van der Waals surface area contributed by atoms with Gasteiger partial charge in [-0.2, -0.15) is 5.10 Å². The molecule has 0 N–H and O–H groups in total. The van der Waals surface area contributed by atoms with E-state index in [4.69, 9.17) is 19.2 Å². The summed E-state index contributed by atoms with van der Waals surface area (Å²) in [5.74, 6) is 0.877. The van der Waals surface area contributed by atoms with Gasteiger partial charge in [-0.3, -0.25) is 0 Å². The summed E-state index contributed by atoms with van der Waals surface area (Å²) in [6.45, 7) is 2.73. The number of nitrogens with zero attached hydrogens (tertiary/aromatic N) is 3. The SMILES string of the molecule is COC(=O)c1cc(-c2ccc3c(c2)OCCO3)nc2c1c(C)nn2[C@H]1CCS(=O)(=O)C1. The van der Waals surface area contributed by atoms with Crippen LogP contribution in [0.3, 0.4) is 0 Å². The van der Waals surface area contributed by atoms with Crippen LogP contribution < -0.4 is 9.47 Å². The molecule has 3 aromatic rings. The number of rotatable bonds is 3. The molecule has 1 aromatic carbocycles. The normalized spacial score (nSPS) is 19.5. The van der Waals surface area contributed by atoms with Crippen LogP contribution in [-0.2, 0) is 14.6 Å². The molecule has 0 spiro atoms. The van der Waals surface area contributed by atoms with Crippen molar-refractivity contribution in [2.45, 2.75) is 19.4 Å². The van der Waals surface area contributed by atoms with Crippen LogP contribution in [0.25, 0.3) is 22.3 Å². The lowest BCUT2D eigenvalue weighted by Gasteiger charge is -2.19. The molecule has 5 rings (SSSR count).